The summed E-state index contributed by atoms with van der Waals surface area (Å²) >= 11 is 0. The summed E-state index contributed by atoms with van der Waals surface area (Å²) in [4.78, 5) is 49.3. The van der Waals surface area contributed by atoms with Crippen LogP contribution in [0.4, 0.5) is 11.5 Å². The van der Waals surface area contributed by atoms with Crippen LogP contribution in [0, 0.1) is 0 Å². The molecule has 0 spiro atoms. The van der Waals surface area contributed by atoms with E-state index in [1.165, 1.54) is 31.2 Å². The van der Waals surface area contributed by atoms with Gasteiger partial charge in [0.2, 0.25) is 11.8 Å². The van der Waals surface area contributed by atoms with Crippen molar-refractivity contribution >= 4 is 29.2 Å². The summed E-state index contributed by atoms with van der Waals surface area (Å²) < 4.78 is 0. The lowest BCUT2D eigenvalue weighted by Crippen LogP contribution is -2.61. The minimum absolute atomic E-state index is 0.116. The first-order chi connectivity index (χ1) is 25.4. The molecule has 3 N–H and O–H groups in total. The van der Waals surface area contributed by atoms with Crippen LogP contribution in [0.25, 0.3) is 11.3 Å². The van der Waals surface area contributed by atoms with Crippen molar-refractivity contribution in [2.45, 2.75) is 75.8 Å². The van der Waals surface area contributed by atoms with Gasteiger partial charge in [0.1, 0.15) is 11.8 Å². The maximum Gasteiger partial charge on any atom is 0.255 e. The van der Waals surface area contributed by atoms with Gasteiger partial charge in [-0.3, -0.25) is 29.5 Å². The number of para-hydroxylation sites is 1. The number of imide groups is 1. The summed E-state index contributed by atoms with van der Waals surface area (Å²) in [7, 11) is 0. The number of piperidine rings is 3. The van der Waals surface area contributed by atoms with Crippen molar-refractivity contribution in [1.82, 2.24) is 35.1 Å². The van der Waals surface area contributed by atoms with Gasteiger partial charge < -0.3 is 25.1 Å². The van der Waals surface area contributed by atoms with Crippen LogP contribution in [0.2, 0.25) is 0 Å². The number of benzene rings is 2. The fraction of sp³-hybridized carbons (Fsp3) is 0.513. The smallest absolute Gasteiger partial charge is 0.255 e. The second-order valence-corrected chi connectivity index (χ2v) is 15.4. The van der Waals surface area contributed by atoms with Gasteiger partial charge in [0.15, 0.2) is 5.82 Å². The van der Waals surface area contributed by atoms with E-state index < -0.39 is 6.04 Å². The number of anilines is 2. The highest BCUT2D eigenvalue weighted by atomic mass is 16.3. The van der Waals surface area contributed by atoms with Gasteiger partial charge in [-0.05, 0) is 93.7 Å². The van der Waals surface area contributed by atoms with Crippen LogP contribution >= 0.6 is 0 Å². The predicted molar refractivity (Wildman–Crippen MR) is 196 cm³/mol. The Morgan fingerprint density at radius 3 is 2.37 bits per heavy atom. The molecule has 1 aromatic heterocycles. The minimum Gasteiger partial charge on any atom is -0.507 e. The van der Waals surface area contributed by atoms with Crippen molar-refractivity contribution in [3.8, 4) is 17.0 Å². The molecule has 0 radical (unpaired) electrons. The lowest BCUT2D eigenvalue weighted by Gasteiger charge is -2.50. The fourth-order valence-electron chi connectivity index (χ4n) is 9.51. The first-order valence-electron chi connectivity index (χ1n) is 19.0. The van der Waals surface area contributed by atoms with E-state index in [1.807, 2.05) is 24.3 Å². The van der Waals surface area contributed by atoms with Gasteiger partial charge in [0.05, 0.1) is 17.4 Å². The average molecular weight is 706 g/mol. The van der Waals surface area contributed by atoms with Crippen LogP contribution in [0.5, 0.6) is 5.75 Å². The maximum atomic E-state index is 13.1. The number of piperazine rings is 1. The molecule has 3 aromatic rings. The molecule has 13 nitrogen and oxygen atoms in total. The molecule has 3 amide bonds. The normalized spacial score (nSPS) is 25.0. The number of nitrogens with zero attached hydrogens (tertiary/aromatic N) is 7. The highest BCUT2D eigenvalue weighted by molar-refractivity contribution is 6.05. The number of nitrogens with one attached hydrogen (secondary N) is 2. The molecule has 13 heteroatoms. The van der Waals surface area contributed by atoms with Crippen molar-refractivity contribution < 1.29 is 19.5 Å². The highest BCUT2D eigenvalue weighted by Gasteiger charge is 2.40. The number of aromatic hydroxyl groups is 1. The number of aromatic nitrogens is 2. The van der Waals surface area contributed by atoms with E-state index in [-0.39, 0.29) is 29.9 Å². The van der Waals surface area contributed by atoms with Crippen molar-refractivity contribution in [3.05, 3.63) is 65.2 Å². The Morgan fingerprint density at radius 1 is 0.769 bits per heavy atom. The van der Waals surface area contributed by atoms with Gasteiger partial charge in [0, 0.05) is 68.9 Å². The largest absolute Gasteiger partial charge is 0.507 e. The Hall–Kier alpha value is -4.59. The molecule has 2 atom stereocenters. The molecule has 1 unspecified atom stereocenters. The summed E-state index contributed by atoms with van der Waals surface area (Å²) in [5.74, 6) is 0.295. The van der Waals surface area contributed by atoms with Crippen LogP contribution in [0.1, 0.15) is 60.0 Å². The number of likely N-dealkylation sites (tertiary alicyclic amines) is 2. The number of phenolic OH excluding ortho intramolecular Hbond substituents is 1. The molecule has 0 bridgehead atoms. The fourth-order valence-corrected chi connectivity index (χ4v) is 9.51. The number of rotatable bonds is 6. The summed E-state index contributed by atoms with van der Waals surface area (Å²) in [6.07, 6.45) is 5.43. The number of hydrogen-bond donors (Lipinski definition) is 3. The Morgan fingerprint density at radius 2 is 1.56 bits per heavy atom. The molecule has 272 valence electrons. The van der Waals surface area contributed by atoms with Crippen molar-refractivity contribution in [1.29, 1.82) is 0 Å². The van der Waals surface area contributed by atoms with Gasteiger partial charge in [0.25, 0.3) is 5.91 Å². The number of amides is 3. The first kappa shape index (κ1) is 33.3. The van der Waals surface area contributed by atoms with E-state index in [1.54, 1.807) is 11.0 Å². The zero-order chi connectivity index (χ0) is 35.3. The Labute approximate surface area is 303 Å². The van der Waals surface area contributed by atoms with Crippen molar-refractivity contribution in [2.24, 2.45) is 0 Å². The molecule has 4 saturated heterocycles. The molecular weight excluding hydrogens is 658 g/mol. The van der Waals surface area contributed by atoms with Crippen molar-refractivity contribution in [2.75, 3.05) is 62.6 Å². The summed E-state index contributed by atoms with van der Waals surface area (Å²) in [6, 6.07) is 16.5. The first-order valence-corrected chi connectivity index (χ1v) is 19.0. The van der Waals surface area contributed by atoms with Crippen LogP contribution < -0.4 is 15.5 Å². The minimum atomic E-state index is -0.579. The molecule has 6 aliphatic heterocycles. The molecule has 52 heavy (non-hydrogen) atoms. The molecule has 4 fully saturated rings. The SMILES string of the molecule is O=C1CCC(N2Cc3cc(CN4CCC(N5CCC(N6CCN7c8cc(-c9ccccc9O)nnc8NC[C@H]7C6)CC5)CC4)ccc3C2=O)C(=O)N1. The second-order valence-electron chi connectivity index (χ2n) is 15.4. The second kappa shape index (κ2) is 13.8. The van der Waals surface area contributed by atoms with Crippen LogP contribution in [0.3, 0.4) is 0 Å². The average Bonchev–Trinajstić information content (AvgIpc) is 3.49. The van der Waals surface area contributed by atoms with Gasteiger partial charge >= 0.3 is 0 Å². The number of fused-ring (bicyclic) bond motifs is 4. The van der Waals surface area contributed by atoms with Crippen LogP contribution in [-0.4, -0.2) is 129 Å². The number of carbonyl (C=O) groups excluding carboxylic acids is 3. The lowest BCUT2D eigenvalue weighted by molar-refractivity contribution is -0.136. The van der Waals surface area contributed by atoms with Gasteiger partial charge in [-0.2, -0.15) is 0 Å². The summed E-state index contributed by atoms with van der Waals surface area (Å²) in [6.45, 7) is 9.63. The molecule has 2 aromatic carbocycles. The Balaban J connectivity index is 0.745. The maximum absolute atomic E-state index is 13.1. The number of hydrogen-bond acceptors (Lipinski definition) is 11. The van der Waals surface area contributed by atoms with Gasteiger partial charge in [-0.1, -0.05) is 24.3 Å². The van der Waals surface area contributed by atoms with Crippen LogP contribution in [-0.2, 0) is 22.7 Å². The Kier molecular flexibility index (Phi) is 8.80. The quantitative estimate of drug-likeness (QED) is 0.327. The van der Waals surface area contributed by atoms with Gasteiger partial charge in [-0.25, -0.2) is 0 Å². The third-order valence-corrected chi connectivity index (χ3v) is 12.4. The molecule has 9 rings (SSSR count). The zero-order valence-electron chi connectivity index (χ0n) is 29.5. The summed E-state index contributed by atoms with van der Waals surface area (Å²) in [5, 5.41) is 25.2. The van der Waals surface area contributed by atoms with E-state index in [2.05, 4.69) is 58.6 Å². The number of phenols is 1. The van der Waals surface area contributed by atoms with Crippen LogP contribution in [0.15, 0.2) is 48.5 Å². The van der Waals surface area contributed by atoms with E-state index in [4.69, 9.17) is 0 Å². The van der Waals surface area contributed by atoms with E-state index in [9.17, 15) is 19.5 Å². The molecule has 0 saturated carbocycles. The molecule has 7 heterocycles. The van der Waals surface area contributed by atoms with Crippen molar-refractivity contribution in [3.63, 3.8) is 0 Å². The standard InChI is InChI=1S/C39H47N9O4/c49-35-4-2-1-3-31(35)32-20-34-37(43-42-32)40-21-29-24-46(17-18-47(29)34)28-11-15-45(16-12-28)27-9-13-44(14-10-27)22-25-5-6-30-26(19-25)23-48(39(30)52)33-7-8-36(50)41-38(33)51/h1-6,19-20,27-29,33,49H,7-18,21-24H2,(H,40,43)(H,41,50,51)/t29-,33?/m0/s1. The number of carbonyl (C=O) groups is 3. The van der Waals surface area contributed by atoms with E-state index in [0.29, 0.717) is 47.9 Å². The summed E-state index contributed by atoms with van der Waals surface area (Å²) in [5.41, 5.74) is 5.33. The van der Waals surface area contributed by atoms with Gasteiger partial charge in [-0.15, -0.1) is 10.2 Å². The lowest BCUT2D eigenvalue weighted by atomic mass is 9.95. The Bertz CT molecular complexity index is 1870. The molecule has 6 aliphatic rings. The molecular formula is C39H47N9O4. The third kappa shape index (κ3) is 6.28. The zero-order valence-corrected chi connectivity index (χ0v) is 29.5. The third-order valence-electron chi connectivity index (χ3n) is 12.4. The monoisotopic (exact) mass is 705 g/mol. The van der Waals surface area contributed by atoms with E-state index in [0.717, 1.165) is 76.0 Å². The topological polar surface area (TPSA) is 137 Å². The predicted octanol–water partition coefficient (Wildman–Crippen LogP) is 2.66. The molecule has 0 aliphatic carbocycles. The highest BCUT2D eigenvalue weighted by Crippen LogP contribution is 2.37. The van der Waals surface area contributed by atoms with E-state index >= 15 is 0 Å².